The number of H-pyrrole nitrogens is 1. The zero-order valence-electron chi connectivity index (χ0n) is 10.7. The molecule has 92 valence electrons. The second-order valence-corrected chi connectivity index (χ2v) is 4.59. The average Bonchev–Trinajstić information content (AvgIpc) is 2.63. The Balaban J connectivity index is 1.94. The van der Waals surface area contributed by atoms with E-state index in [-0.39, 0.29) is 0 Å². The van der Waals surface area contributed by atoms with Gasteiger partial charge in [-0.15, -0.1) is 0 Å². The molecular formula is C13H20N4. The van der Waals surface area contributed by atoms with Crippen LogP contribution in [0.25, 0.3) is 11.0 Å². The van der Waals surface area contributed by atoms with E-state index < -0.39 is 0 Å². The molecule has 0 saturated heterocycles. The van der Waals surface area contributed by atoms with Gasteiger partial charge in [-0.2, -0.15) is 0 Å². The lowest BCUT2D eigenvalue weighted by Gasteiger charge is -2.09. The quantitative estimate of drug-likeness (QED) is 0.693. The molecule has 0 amide bonds. The first-order valence-electron chi connectivity index (χ1n) is 6.09. The van der Waals surface area contributed by atoms with Crippen LogP contribution in [0.2, 0.25) is 0 Å². The third-order valence-corrected chi connectivity index (χ3v) is 2.61. The molecule has 0 saturated carbocycles. The number of imidazole rings is 1. The lowest BCUT2D eigenvalue weighted by molar-refractivity contribution is 0.602. The molecule has 3 N–H and O–H groups in total. The molecule has 0 aliphatic rings. The van der Waals surface area contributed by atoms with Crippen LogP contribution in [0.5, 0.6) is 0 Å². The second kappa shape index (κ2) is 5.19. The third kappa shape index (κ3) is 3.20. The topological polar surface area (TPSA) is 52.7 Å². The number of benzene rings is 1. The summed E-state index contributed by atoms with van der Waals surface area (Å²) in [6, 6.07) is 6.74. The van der Waals surface area contributed by atoms with Crippen molar-refractivity contribution in [3.8, 4) is 0 Å². The van der Waals surface area contributed by atoms with Crippen LogP contribution in [0.15, 0.2) is 18.2 Å². The molecule has 4 heteroatoms. The fraction of sp³-hybridized carbons (Fsp3) is 0.462. The lowest BCUT2D eigenvalue weighted by atomic mass is 10.3. The number of rotatable bonds is 5. The summed E-state index contributed by atoms with van der Waals surface area (Å²) in [5.41, 5.74) is 3.24. The highest BCUT2D eigenvalue weighted by Crippen LogP contribution is 2.16. The van der Waals surface area contributed by atoms with Crippen molar-refractivity contribution in [2.45, 2.75) is 26.8 Å². The minimum absolute atomic E-state index is 0.537. The molecule has 17 heavy (non-hydrogen) atoms. The molecule has 0 spiro atoms. The number of nitrogens with one attached hydrogen (secondary N) is 3. The van der Waals surface area contributed by atoms with Gasteiger partial charge in [0, 0.05) is 24.8 Å². The van der Waals surface area contributed by atoms with Gasteiger partial charge in [0.1, 0.15) is 5.82 Å². The average molecular weight is 232 g/mol. The Labute approximate surface area is 102 Å². The molecule has 2 rings (SSSR count). The molecule has 1 aromatic heterocycles. The Morgan fingerprint density at radius 2 is 2.12 bits per heavy atom. The third-order valence-electron chi connectivity index (χ3n) is 2.61. The summed E-state index contributed by atoms with van der Waals surface area (Å²) >= 11 is 0. The van der Waals surface area contributed by atoms with E-state index in [0.29, 0.717) is 6.04 Å². The van der Waals surface area contributed by atoms with Crippen LogP contribution in [0.4, 0.5) is 5.69 Å². The maximum Gasteiger partial charge on any atom is 0.104 e. The van der Waals surface area contributed by atoms with Crippen LogP contribution in [0, 0.1) is 6.92 Å². The standard InChI is InChI=1S/C13H20N4/c1-9(2)14-6-7-15-11-4-5-12-13(8-11)17-10(3)16-12/h4-5,8-9,14-15H,6-7H2,1-3H3,(H,16,17). The highest BCUT2D eigenvalue weighted by atomic mass is 15.0. The zero-order valence-corrected chi connectivity index (χ0v) is 10.7. The fourth-order valence-corrected chi connectivity index (χ4v) is 1.81. The van der Waals surface area contributed by atoms with Crippen molar-refractivity contribution < 1.29 is 0 Å². The number of hydrogen-bond acceptors (Lipinski definition) is 3. The Morgan fingerprint density at radius 1 is 1.29 bits per heavy atom. The number of hydrogen-bond donors (Lipinski definition) is 3. The molecule has 0 bridgehead atoms. The maximum absolute atomic E-state index is 4.38. The van der Waals surface area contributed by atoms with Crippen molar-refractivity contribution in [3.63, 3.8) is 0 Å². The van der Waals surface area contributed by atoms with Gasteiger partial charge in [0.15, 0.2) is 0 Å². The normalized spacial score (nSPS) is 11.3. The van der Waals surface area contributed by atoms with Crippen molar-refractivity contribution in [2.24, 2.45) is 0 Å². The number of anilines is 1. The Morgan fingerprint density at radius 3 is 2.88 bits per heavy atom. The van der Waals surface area contributed by atoms with E-state index in [2.05, 4.69) is 46.6 Å². The Hall–Kier alpha value is -1.55. The van der Waals surface area contributed by atoms with Crippen LogP contribution >= 0.6 is 0 Å². The summed E-state index contributed by atoms with van der Waals surface area (Å²) in [5, 5.41) is 6.77. The van der Waals surface area contributed by atoms with Gasteiger partial charge >= 0.3 is 0 Å². The fourth-order valence-electron chi connectivity index (χ4n) is 1.81. The van der Waals surface area contributed by atoms with Crippen molar-refractivity contribution in [1.82, 2.24) is 15.3 Å². The highest BCUT2D eigenvalue weighted by molar-refractivity contribution is 5.79. The highest BCUT2D eigenvalue weighted by Gasteiger charge is 2.00. The molecule has 0 unspecified atom stereocenters. The van der Waals surface area contributed by atoms with Gasteiger partial charge in [-0.1, -0.05) is 13.8 Å². The molecular weight excluding hydrogens is 212 g/mol. The zero-order chi connectivity index (χ0) is 12.3. The Kier molecular flexibility index (Phi) is 3.64. The van der Waals surface area contributed by atoms with Crippen molar-refractivity contribution in [1.29, 1.82) is 0 Å². The van der Waals surface area contributed by atoms with Crippen molar-refractivity contribution >= 4 is 16.7 Å². The van der Waals surface area contributed by atoms with Gasteiger partial charge in [0.25, 0.3) is 0 Å². The van der Waals surface area contributed by atoms with Crippen molar-refractivity contribution in [2.75, 3.05) is 18.4 Å². The molecule has 0 aliphatic heterocycles. The molecule has 1 heterocycles. The van der Waals surface area contributed by atoms with Crippen molar-refractivity contribution in [3.05, 3.63) is 24.0 Å². The van der Waals surface area contributed by atoms with Gasteiger partial charge in [0.2, 0.25) is 0 Å². The SMILES string of the molecule is Cc1nc2ccc(NCCNC(C)C)cc2[nH]1. The number of nitrogens with zero attached hydrogens (tertiary/aromatic N) is 1. The van der Waals surface area contributed by atoms with Crippen LogP contribution in [-0.2, 0) is 0 Å². The van der Waals surface area contributed by atoms with E-state index in [9.17, 15) is 0 Å². The minimum Gasteiger partial charge on any atom is -0.384 e. The van der Waals surface area contributed by atoms with Gasteiger partial charge in [-0.05, 0) is 25.1 Å². The van der Waals surface area contributed by atoms with Gasteiger partial charge in [0.05, 0.1) is 11.0 Å². The first kappa shape index (κ1) is 11.9. The summed E-state index contributed by atoms with van der Waals surface area (Å²) in [7, 11) is 0. The summed E-state index contributed by atoms with van der Waals surface area (Å²) in [5.74, 6) is 0.957. The number of aromatic amines is 1. The smallest absolute Gasteiger partial charge is 0.104 e. The van der Waals surface area contributed by atoms with Crippen LogP contribution in [0.3, 0.4) is 0 Å². The van der Waals surface area contributed by atoms with E-state index in [1.807, 2.05) is 13.0 Å². The predicted molar refractivity (Wildman–Crippen MR) is 72.5 cm³/mol. The van der Waals surface area contributed by atoms with Crippen LogP contribution < -0.4 is 10.6 Å². The molecule has 2 aromatic rings. The molecule has 0 aliphatic carbocycles. The van der Waals surface area contributed by atoms with Gasteiger partial charge in [-0.25, -0.2) is 4.98 Å². The monoisotopic (exact) mass is 232 g/mol. The molecule has 1 aromatic carbocycles. The minimum atomic E-state index is 0.537. The maximum atomic E-state index is 4.38. The molecule has 0 atom stereocenters. The van der Waals surface area contributed by atoms with Gasteiger partial charge < -0.3 is 15.6 Å². The van der Waals surface area contributed by atoms with Gasteiger partial charge in [-0.3, -0.25) is 0 Å². The predicted octanol–water partition coefficient (Wildman–Crippen LogP) is 2.28. The number of fused-ring (bicyclic) bond motifs is 1. The van der Waals surface area contributed by atoms with E-state index >= 15 is 0 Å². The first-order valence-corrected chi connectivity index (χ1v) is 6.09. The lowest BCUT2D eigenvalue weighted by Crippen LogP contribution is -2.28. The van der Waals surface area contributed by atoms with E-state index in [4.69, 9.17) is 0 Å². The summed E-state index contributed by atoms with van der Waals surface area (Å²) < 4.78 is 0. The second-order valence-electron chi connectivity index (χ2n) is 4.59. The molecule has 0 fully saturated rings. The van der Waals surface area contributed by atoms with Crippen LogP contribution in [0.1, 0.15) is 19.7 Å². The molecule has 0 radical (unpaired) electrons. The summed E-state index contributed by atoms with van der Waals surface area (Å²) in [6.45, 7) is 8.17. The van der Waals surface area contributed by atoms with Crippen LogP contribution in [-0.4, -0.2) is 29.1 Å². The first-order chi connectivity index (χ1) is 8.15. The van der Waals surface area contributed by atoms with E-state index in [1.54, 1.807) is 0 Å². The Bertz CT molecular complexity index is 487. The molecule has 4 nitrogen and oxygen atoms in total. The van der Waals surface area contributed by atoms with E-state index in [1.165, 1.54) is 0 Å². The largest absolute Gasteiger partial charge is 0.384 e. The summed E-state index contributed by atoms with van der Waals surface area (Å²) in [6.07, 6.45) is 0. The van der Waals surface area contributed by atoms with E-state index in [0.717, 1.165) is 35.6 Å². The number of aryl methyl sites for hydroxylation is 1. The summed E-state index contributed by atoms with van der Waals surface area (Å²) in [4.78, 5) is 7.62. The number of aromatic nitrogens is 2.